The summed E-state index contributed by atoms with van der Waals surface area (Å²) in [6, 6.07) is 75.1. The lowest BCUT2D eigenvalue weighted by Crippen LogP contribution is -2.00. The fraction of sp³-hybridized carbons (Fsp3) is 0. The van der Waals surface area contributed by atoms with Crippen LogP contribution < -0.4 is 0 Å². The molecule has 0 N–H and O–H groups in total. The molecule has 0 amide bonds. The Labute approximate surface area is 392 Å². The molecule has 0 bridgehead atoms. The highest BCUT2D eigenvalue weighted by Gasteiger charge is 2.26. The van der Waals surface area contributed by atoms with Gasteiger partial charge in [0.25, 0.3) is 0 Å². The average molecular weight is 887 g/mol. The van der Waals surface area contributed by atoms with Crippen molar-refractivity contribution >= 4 is 95.6 Å². The molecule has 15 rings (SSSR count). The van der Waals surface area contributed by atoms with Crippen molar-refractivity contribution < 1.29 is 0 Å². The van der Waals surface area contributed by atoms with Gasteiger partial charge in [-0.25, -0.2) is 15.0 Å². The number of hydrogen-bond acceptors (Lipinski definition) is 5. The number of fused-ring (bicyclic) bond motifs is 13. The van der Waals surface area contributed by atoms with E-state index in [2.05, 4.69) is 174 Å². The Kier molecular flexibility index (Phi) is 7.79. The summed E-state index contributed by atoms with van der Waals surface area (Å²) in [5, 5.41) is 10.2. The Morgan fingerprint density at radius 2 is 0.791 bits per heavy atom. The highest BCUT2D eigenvalue weighted by molar-refractivity contribution is 7.26. The highest BCUT2D eigenvalue weighted by atomic mass is 32.1. The maximum atomic E-state index is 5.09. The first-order valence-electron chi connectivity index (χ1n) is 22.6. The first kappa shape index (κ1) is 37.0. The van der Waals surface area contributed by atoms with Crippen molar-refractivity contribution in [1.82, 2.24) is 19.5 Å². The molecule has 4 aromatic heterocycles. The third-order valence-corrected chi connectivity index (χ3v) is 16.1. The molecule has 0 fully saturated rings. The van der Waals surface area contributed by atoms with Crippen molar-refractivity contribution in [2.45, 2.75) is 0 Å². The monoisotopic (exact) mass is 886 g/mol. The minimum atomic E-state index is 0.652. The normalized spacial score (nSPS) is 12.2. The van der Waals surface area contributed by atoms with Gasteiger partial charge >= 0.3 is 0 Å². The largest absolute Gasteiger partial charge is 0.309 e. The quantitative estimate of drug-likeness (QED) is 0.173. The summed E-state index contributed by atoms with van der Waals surface area (Å²) in [6.45, 7) is 0. The maximum Gasteiger partial charge on any atom is 0.164 e. The van der Waals surface area contributed by atoms with E-state index >= 15 is 0 Å². The van der Waals surface area contributed by atoms with E-state index in [-0.39, 0.29) is 0 Å². The Bertz CT molecular complexity index is 4330. The Morgan fingerprint density at radius 1 is 0.284 bits per heavy atom. The van der Waals surface area contributed by atoms with Crippen molar-refractivity contribution in [2.75, 3.05) is 0 Å². The minimum absolute atomic E-state index is 0.652. The predicted octanol–water partition coefficient (Wildman–Crippen LogP) is 17.2. The zero-order valence-electron chi connectivity index (χ0n) is 35.7. The summed E-state index contributed by atoms with van der Waals surface area (Å²) >= 11 is 3.69. The number of benzene rings is 10. The number of nitrogens with zero attached hydrogens (tertiary/aromatic N) is 4. The summed E-state index contributed by atoms with van der Waals surface area (Å²) in [6.07, 6.45) is 0. The third kappa shape index (κ3) is 5.55. The molecule has 0 saturated carbocycles. The maximum absolute atomic E-state index is 5.09. The van der Waals surface area contributed by atoms with E-state index in [1.54, 1.807) is 0 Å². The van der Waals surface area contributed by atoms with E-state index in [1.165, 1.54) is 106 Å². The molecule has 4 heterocycles. The summed E-state index contributed by atoms with van der Waals surface area (Å²) in [5.41, 5.74) is 14.0. The zero-order valence-corrected chi connectivity index (χ0v) is 37.4. The molecular formula is C61H34N4S2. The third-order valence-electron chi connectivity index (χ3n) is 13.8. The molecule has 0 unspecified atom stereocenters. The SMILES string of the molecule is c1ccc(-c2nc(-c3ccccc3)nc(-c3ccc4sc5ccc(-n6c7ccc(-c8ccc9sc%10ccccc%10c9c8)cc7c7c8cccc9c8c(cc76)-c6ccccc6-9)cc5c4c3)n2)cc1. The van der Waals surface area contributed by atoms with Crippen molar-refractivity contribution in [3.63, 3.8) is 0 Å². The van der Waals surface area contributed by atoms with Crippen molar-refractivity contribution in [3.8, 4) is 73.2 Å². The fourth-order valence-electron chi connectivity index (χ4n) is 10.7. The van der Waals surface area contributed by atoms with Gasteiger partial charge in [0.1, 0.15) is 0 Å². The Balaban J connectivity index is 0.953. The molecule has 14 aromatic rings. The fourth-order valence-corrected chi connectivity index (χ4v) is 12.9. The van der Waals surface area contributed by atoms with Gasteiger partial charge in [-0.05, 0) is 117 Å². The molecule has 1 aliphatic carbocycles. The summed E-state index contributed by atoms with van der Waals surface area (Å²) < 4.78 is 7.61. The number of rotatable bonds is 5. The van der Waals surface area contributed by atoms with Crippen LogP contribution in [0.2, 0.25) is 0 Å². The van der Waals surface area contributed by atoms with Gasteiger partial charge < -0.3 is 4.57 Å². The van der Waals surface area contributed by atoms with Crippen LogP contribution in [0.1, 0.15) is 0 Å². The lowest BCUT2D eigenvalue weighted by Gasteiger charge is -2.11. The van der Waals surface area contributed by atoms with Crippen LogP contribution in [0.3, 0.4) is 0 Å². The van der Waals surface area contributed by atoms with Crippen LogP contribution in [-0.2, 0) is 0 Å². The minimum Gasteiger partial charge on any atom is -0.309 e. The summed E-state index contributed by atoms with van der Waals surface area (Å²) in [5.74, 6) is 1.96. The second-order valence-corrected chi connectivity index (χ2v) is 19.7. The first-order valence-corrected chi connectivity index (χ1v) is 24.2. The van der Waals surface area contributed by atoms with E-state index in [0.717, 1.165) is 22.4 Å². The molecule has 1 aliphatic rings. The molecule has 0 aliphatic heterocycles. The van der Waals surface area contributed by atoms with Crippen LogP contribution in [0.5, 0.6) is 0 Å². The summed E-state index contributed by atoms with van der Waals surface area (Å²) in [4.78, 5) is 15.1. The lowest BCUT2D eigenvalue weighted by atomic mass is 9.96. The van der Waals surface area contributed by atoms with Crippen LogP contribution in [0, 0.1) is 0 Å². The van der Waals surface area contributed by atoms with Crippen molar-refractivity contribution in [1.29, 1.82) is 0 Å². The molecule has 0 radical (unpaired) electrons. The molecule has 0 saturated heterocycles. The van der Waals surface area contributed by atoms with Gasteiger partial charge in [0.05, 0.1) is 11.0 Å². The first-order chi connectivity index (χ1) is 33.2. The molecule has 310 valence electrons. The molecule has 10 aromatic carbocycles. The Morgan fingerprint density at radius 3 is 1.52 bits per heavy atom. The summed E-state index contributed by atoms with van der Waals surface area (Å²) in [7, 11) is 0. The van der Waals surface area contributed by atoms with Crippen LogP contribution >= 0.6 is 22.7 Å². The smallest absolute Gasteiger partial charge is 0.164 e. The van der Waals surface area contributed by atoms with E-state index in [4.69, 9.17) is 15.0 Å². The van der Waals surface area contributed by atoms with Crippen LogP contribution in [0.25, 0.3) is 146 Å². The highest BCUT2D eigenvalue weighted by Crippen LogP contribution is 2.52. The van der Waals surface area contributed by atoms with Gasteiger partial charge in [0, 0.05) is 73.5 Å². The van der Waals surface area contributed by atoms with Crippen LogP contribution in [0.4, 0.5) is 0 Å². The number of thiophene rings is 2. The molecule has 67 heavy (non-hydrogen) atoms. The number of aromatic nitrogens is 4. The van der Waals surface area contributed by atoms with E-state index in [1.807, 2.05) is 59.1 Å². The molecule has 0 atom stereocenters. The molecular weight excluding hydrogens is 853 g/mol. The van der Waals surface area contributed by atoms with Crippen molar-refractivity contribution in [3.05, 3.63) is 206 Å². The second kappa shape index (κ2) is 14.1. The van der Waals surface area contributed by atoms with Gasteiger partial charge in [0.2, 0.25) is 0 Å². The second-order valence-electron chi connectivity index (χ2n) is 17.5. The predicted molar refractivity (Wildman–Crippen MR) is 284 cm³/mol. The Hall–Kier alpha value is -8.29. The van der Waals surface area contributed by atoms with Gasteiger partial charge in [0.15, 0.2) is 17.5 Å². The topological polar surface area (TPSA) is 43.6 Å². The molecule has 6 heteroatoms. The van der Waals surface area contributed by atoms with E-state index in [0.29, 0.717) is 17.5 Å². The lowest BCUT2D eigenvalue weighted by molar-refractivity contribution is 1.07. The molecule has 4 nitrogen and oxygen atoms in total. The number of hydrogen-bond donors (Lipinski definition) is 0. The van der Waals surface area contributed by atoms with E-state index < -0.39 is 0 Å². The zero-order chi connectivity index (χ0) is 43.7. The van der Waals surface area contributed by atoms with Gasteiger partial charge in [-0.1, -0.05) is 133 Å². The van der Waals surface area contributed by atoms with Crippen molar-refractivity contribution in [2.24, 2.45) is 0 Å². The van der Waals surface area contributed by atoms with E-state index in [9.17, 15) is 0 Å². The van der Waals surface area contributed by atoms with Gasteiger partial charge in [-0.2, -0.15) is 0 Å². The molecule has 0 spiro atoms. The average Bonchev–Trinajstić information content (AvgIpc) is 4.14. The van der Waals surface area contributed by atoms with Crippen LogP contribution in [-0.4, -0.2) is 19.5 Å². The van der Waals surface area contributed by atoms with Gasteiger partial charge in [-0.15, -0.1) is 22.7 Å². The van der Waals surface area contributed by atoms with Gasteiger partial charge in [-0.3, -0.25) is 0 Å². The van der Waals surface area contributed by atoms with Crippen LogP contribution in [0.15, 0.2) is 206 Å². The standard InChI is InChI=1S/C61H34N4S2/c1-3-12-35(13-4-1)59-62-60(36-14-5-2-6-15-36)64-61(63-59)39-24-28-55-47(32-39)48-33-40(25-29-56(48)67-55)65-51-26-22-37(38-23-27-54-46(30-38)43-18-9-10-21-53(43)66-54)31-50(51)58-45-20-11-19-44-41-16-7-8-17-42(41)49(57(44)45)34-52(58)65/h1-34H.